The lowest BCUT2D eigenvalue weighted by Crippen LogP contribution is -2.31. The monoisotopic (exact) mass is 339 g/mol. The van der Waals surface area contributed by atoms with Crippen molar-refractivity contribution in [3.8, 4) is 0 Å². The van der Waals surface area contributed by atoms with Gasteiger partial charge in [0.05, 0.1) is 15.5 Å². The van der Waals surface area contributed by atoms with Crippen molar-refractivity contribution < 1.29 is 16.8 Å². The van der Waals surface area contributed by atoms with Gasteiger partial charge in [-0.05, 0) is 25.1 Å². The van der Waals surface area contributed by atoms with Crippen LogP contribution in [0.1, 0.15) is 6.92 Å². The fourth-order valence-corrected chi connectivity index (χ4v) is 3.52. The molecule has 1 rings (SSSR count). The van der Waals surface area contributed by atoms with Gasteiger partial charge in [0.25, 0.3) is 0 Å². The van der Waals surface area contributed by atoms with Gasteiger partial charge in [0.15, 0.2) is 19.7 Å². The van der Waals surface area contributed by atoms with Gasteiger partial charge in [0.2, 0.25) is 0 Å². The van der Waals surface area contributed by atoms with Crippen LogP contribution in [0.5, 0.6) is 0 Å². The molecule has 0 saturated heterocycles. The molecule has 1 aromatic carbocycles. The quantitative estimate of drug-likeness (QED) is 0.761. The highest BCUT2D eigenvalue weighted by Gasteiger charge is 2.21. The zero-order valence-electron chi connectivity index (χ0n) is 11.8. The van der Waals surface area contributed by atoms with Crippen molar-refractivity contribution >= 4 is 37.0 Å². The maximum atomic E-state index is 11.9. The van der Waals surface area contributed by atoms with Crippen molar-refractivity contribution in [1.82, 2.24) is 0 Å². The van der Waals surface area contributed by atoms with E-state index in [0.29, 0.717) is 11.6 Å². The Hall–Kier alpha value is -0.790. The Kier molecular flexibility index (Phi) is 5.10. The molecule has 0 bridgehead atoms. The van der Waals surface area contributed by atoms with Gasteiger partial charge in [-0.25, -0.2) is 16.8 Å². The normalized spacial score (nSPS) is 14.1. The molecule has 0 radical (unpaired) electrons. The van der Waals surface area contributed by atoms with E-state index >= 15 is 0 Å². The van der Waals surface area contributed by atoms with Gasteiger partial charge in [-0.15, -0.1) is 11.6 Å². The number of rotatable bonds is 5. The molecule has 0 N–H and O–H groups in total. The highest BCUT2D eigenvalue weighted by atomic mass is 35.5. The molecule has 0 aromatic heterocycles. The zero-order chi connectivity index (χ0) is 15.7. The number of sulfone groups is 2. The molecule has 0 spiro atoms. The zero-order valence-corrected chi connectivity index (χ0v) is 14.2. The maximum Gasteiger partial charge on any atom is 0.177 e. The van der Waals surface area contributed by atoms with Gasteiger partial charge in [-0.1, -0.05) is 0 Å². The summed E-state index contributed by atoms with van der Waals surface area (Å²) in [6.07, 6.45) is 2.09. The largest absolute Gasteiger partial charge is 0.370 e. The lowest BCUT2D eigenvalue weighted by molar-refractivity contribution is 0.599. The first kappa shape index (κ1) is 17.3. The summed E-state index contributed by atoms with van der Waals surface area (Å²) in [7, 11) is -5.30. The molecule has 0 heterocycles. The van der Waals surface area contributed by atoms with Crippen LogP contribution < -0.4 is 4.90 Å². The fourth-order valence-electron chi connectivity index (χ4n) is 1.65. The number of halogens is 1. The van der Waals surface area contributed by atoms with E-state index in [2.05, 4.69) is 0 Å². The first-order chi connectivity index (χ1) is 8.98. The molecule has 8 heteroatoms. The first-order valence-electron chi connectivity index (χ1n) is 5.81. The summed E-state index contributed by atoms with van der Waals surface area (Å²) in [5.74, 6) is 0.327. The van der Waals surface area contributed by atoms with Crippen LogP contribution in [0.25, 0.3) is 0 Å². The molecule has 0 saturated carbocycles. The minimum Gasteiger partial charge on any atom is -0.370 e. The van der Waals surface area contributed by atoms with E-state index in [-0.39, 0.29) is 15.8 Å². The molecule has 5 nitrogen and oxygen atoms in total. The van der Waals surface area contributed by atoms with E-state index in [9.17, 15) is 16.8 Å². The maximum absolute atomic E-state index is 11.9. The van der Waals surface area contributed by atoms with E-state index in [4.69, 9.17) is 11.6 Å². The third-order valence-corrected chi connectivity index (χ3v) is 5.71. The number of alkyl halides is 1. The van der Waals surface area contributed by atoms with E-state index in [0.717, 1.165) is 12.5 Å². The van der Waals surface area contributed by atoms with Crippen LogP contribution in [-0.4, -0.2) is 48.3 Å². The number of hydrogen-bond acceptors (Lipinski definition) is 5. The van der Waals surface area contributed by atoms with Crippen LogP contribution in [0.15, 0.2) is 28.0 Å². The second kappa shape index (κ2) is 5.91. The second-order valence-electron chi connectivity index (χ2n) is 4.79. The lowest BCUT2D eigenvalue weighted by Gasteiger charge is -2.27. The van der Waals surface area contributed by atoms with Crippen LogP contribution in [0.2, 0.25) is 0 Å². The molecule has 1 aromatic rings. The van der Waals surface area contributed by atoms with E-state index in [1.807, 2.05) is 6.92 Å². The van der Waals surface area contributed by atoms with Crippen LogP contribution in [-0.2, 0) is 19.7 Å². The molecule has 1 unspecified atom stereocenters. The van der Waals surface area contributed by atoms with Crippen molar-refractivity contribution in [2.24, 2.45) is 0 Å². The highest BCUT2D eigenvalue weighted by Crippen LogP contribution is 2.28. The van der Waals surface area contributed by atoms with E-state index in [1.165, 1.54) is 18.2 Å². The summed E-state index contributed by atoms with van der Waals surface area (Å²) in [5, 5.41) is 0. The molecule has 0 amide bonds. The van der Waals surface area contributed by atoms with Gasteiger partial charge in [-0.2, -0.15) is 0 Å². The predicted octanol–water partition coefficient (Wildman–Crippen LogP) is 1.56. The SMILES string of the molecule is CC(CCl)N(C)c1ccc(S(C)(=O)=O)cc1S(C)(=O)=O. The smallest absolute Gasteiger partial charge is 0.177 e. The van der Waals surface area contributed by atoms with Crippen molar-refractivity contribution in [2.75, 3.05) is 30.3 Å². The molecule has 1 atom stereocenters. The van der Waals surface area contributed by atoms with Crippen molar-refractivity contribution in [3.05, 3.63) is 18.2 Å². The Balaban J connectivity index is 3.56. The van der Waals surface area contributed by atoms with Gasteiger partial charge >= 0.3 is 0 Å². The van der Waals surface area contributed by atoms with Gasteiger partial charge in [0.1, 0.15) is 0 Å². The summed E-state index contributed by atoms with van der Waals surface area (Å²) in [6, 6.07) is 4.01. The molecule has 0 aliphatic carbocycles. The number of benzene rings is 1. The predicted molar refractivity (Wildman–Crippen MR) is 81.2 cm³/mol. The Bertz CT molecular complexity index is 698. The molecule has 0 fully saturated rings. The van der Waals surface area contributed by atoms with Crippen LogP contribution in [0.3, 0.4) is 0 Å². The molecule has 114 valence electrons. The Morgan fingerprint density at radius 2 is 1.70 bits per heavy atom. The number of hydrogen-bond donors (Lipinski definition) is 0. The summed E-state index contributed by atoms with van der Waals surface area (Å²) in [5.41, 5.74) is 0.438. The minimum absolute atomic E-state index is 0.0140. The Morgan fingerprint density at radius 3 is 2.10 bits per heavy atom. The number of anilines is 1. The molecular weight excluding hydrogens is 322 g/mol. The van der Waals surface area contributed by atoms with Crippen molar-refractivity contribution in [2.45, 2.75) is 22.8 Å². The molecule has 20 heavy (non-hydrogen) atoms. The van der Waals surface area contributed by atoms with Gasteiger partial charge in [0, 0.05) is 31.5 Å². The summed E-state index contributed by atoms with van der Waals surface area (Å²) in [6.45, 7) is 1.85. The summed E-state index contributed by atoms with van der Waals surface area (Å²) >= 11 is 5.78. The lowest BCUT2D eigenvalue weighted by atomic mass is 10.2. The molecule has 0 aliphatic rings. The third-order valence-electron chi connectivity index (χ3n) is 3.02. The van der Waals surface area contributed by atoms with Crippen LogP contribution in [0, 0.1) is 0 Å². The highest BCUT2D eigenvalue weighted by molar-refractivity contribution is 7.91. The third kappa shape index (κ3) is 3.86. The average Bonchev–Trinajstić information content (AvgIpc) is 2.34. The van der Waals surface area contributed by atoms with E-state index < -0.39 is 19.7 Å². The number of nitrogens with zero attached hydrogens (tertiary/aromatic N) is 1. The van der Waals surface area contributed by atoms with Crippen LogP contribution >= 0.6 is 11.6 Å². The Labute approximate surface area is 125 Å². The Morgan fingerprint density at radius 1 is 1.15 bits per heavy atom. The summed E-state index contributed by atoms with van der Waals surface area (Å²) < 4.78 is 46.9. The minimum atomic E-state index is -3.55. The van der Waals surface area contributed by atoms with Crippen molar-refractivity contribution in [1.29, 1.82) is 0 Å². The molecular formula is C12H18ClNO4S2. The van der Waals surface area contributed by atoms with Crippen molar-refractivity contribution in [3.63, 3.8) is 0 Å². The standard InChI is InChI=1S/C12H18ClNO4S2/c1-9(8-13)14(2)11-6-5-10(19(3,15)16)7-12(11)20(4,17)18/h5-7,9H,8H2,1-4H3. The van der Waals surface area contributed by atoms with E-state index in [1.54, 1.807) is 11.9 Å². The fraction of sp³-hybridized carbons (Fsp3) is 0.500. The van der Waals surface area contributed by atoms with Crippen LogP contribution in [0.4, 0.5) is 5.69 Å². The van der Waals surface area contributed by atoms with Gasteiger partial charge in [-0.3, -0.25) is 0 Å². The molecule has 0 aliphatic heterocycles. The second-order valence-corrected chi connectivity index (χ2v) is 9.10. The van der Waals surface area contributed by atoms with Gasteiger partial charge < -0.3 is 4.90 Å². The topological polar surface area (TPSA) is 71.5 Å². The first-order valence-corrected chi connectivity index (χ1v) is 10.1. The average molecular weight is 340 g/mol. The summed E-state index contributed by atoms with van der Waals surface area (Å²) in [4.78, 5) is 1.68.